The smallest absolute Gasteiger partial charge is 0.254 e. The Morgan fingerprint density at radius 2 is 2.04 bits per heavy atom. The lowest BCUT2D eigenvalue weighted by atomic mass is 10.0. The van der Waals surface area contributed by atoms with E-state index in [0.29, 0.717) is 23.8 Å². The van der Waals surface area contributed by atoms with Crippen molar-refractivity contribution in [3.8, 4) is 0 Å². The van der Waals surface area contributed by atoms with Crippen LogP contribution in [0.4, 0.5) is 5.95 Å². The molecule has 1 aliphatic heterocycles. The number of hydrogen-bond acceptors (Lipinski definition) is 6. The summed E-state index contributed by atoms with van der Waals surface area (Å²) >= 11 is 0. The van der Waals surface area contributed by atoms with Gasteiger partial charge in [0.1, 0.15) is 0 Å². The Morgan fingerprint density at radius 1 is 1.26 bits per heavy atom. The Hall–Kier alpha value is -2.54. The summed E-state index contributed by atoms with van der Waals surface area (Å²) in [5.74, 6) is 0.467. The van der Waals surface area contributed by atoms with Gasteiger partial charge in [0, 0.05) is 39.2 Å². The molecule has 3 rings (SSSR count). The quantitative estimate of drug-likeness (QED) is 0.843. The van der Waals surface area contributed by atoms with Crippen molar-refractivity contribution in [3.63, 3.8) is 0 Å². The summed E-state index contributed by atoms with van der Waals surface area (Å²) in [5, 5.41) is 3.08. The van der Waals surface area contributed by atoms with Crippen LogP contribution in [0.15, 0.2) is 30.7 Å². The second-order valence-electron chi connectivity index (χ2n) is 7.17. The minimum Gasteiger partial charge on any atom is -0.350 e. The number of carbonyl (C=O) groups excluding carboxylic acids is 1. The van der Waals surface area contributed by atoms with Crippen LogP contribution in [0, 0.1) is 6.92 Å². The number of likely N-dealkylation sites (tertiary alicyclic amines) is 1. The first-order valence-corrected chi connectivity index (χ1v) is 9.49. The Balaban J connectivity index is 1.72. The fourth-order valence-electron chi connectivity index (χ4n) is 3.44. The van der Waals surface area contributed by atoms with Crippen molar-refractivity contribution < 1.29 is 4.79 Å². The van der Waals surface area contributed by atoms with Gasteiger partial charge in [-0.2, -0.15) is 0 Å². The average molecular weight is 368 g/mol. The first-order valence-electron chi connectivity index (χ1n) is 9.49. The number of nitrogens with zero attached hydrogens (tertiary/aromatic N) is 5. The fraction of sp³-hybridized carbons (Fsp3) is 0.500. The van der Waals surface area contributed by atoms with Crippen molar-refractivity contribution in [2.24, 2.45) is 0 Å². The van der Waals surface area contributed by atoms with Crippen molar-refractivity contribution in [3.05, 3.63) is 47.5 Å². The Labute approximate surface area is 160 Å². The Morgan fingerprint density at radius 3 is 2.67 bits per heavy atom. The minimum absolute atomic E-state index is 0.130. The van der Waals surface area contributed by atoms with E-state index in [2.05, 4.69) is 31.2 Å². The van der Waals surface area contributed by atoms with Crippen molar-refractivity contribution in [2.75, 3.05) is 38.6 Å². The molecule has 1 fully saturated rings. The first-order chi connectivity index (χ1) is 13.1. The van der Waals surface area contributed by atoms with Gasteiger partial charge in [-0.1, -0.05) is 12.5 Å². The van der Waals surface area contributed by atoms with Gasteiger partial charge in [0.25, 0.3) is 5.91 Å². The van der Waals surface area contributed by atoms with Crippen LogP contribution in [0.5, 0.6) is 0 Å². The van der Waals surface area contributed by atoms with Crippen LogP contribution in [-0.2, 0) is 0 Å². The standard InChI is InChI=1S/C20H28N6O/c1-15-17(13-23-20(24-15)25(2)3)19(27)22-14-18(16-8-7-9-21-12-16)26-10-5-4-6-11-26/h7-9,12-13,18H,4-6,10-11,14H2,1-3H3,(H,22,27)/t18-/m1/s1. The molecule has 0 saturated carbocycles. The number of amides is 1. The Kier molecular flexibility index (Phi) is 6.34. The maximum Gasteiger partial charge on any atom is 0.254 e. The van der Waals surface area contributed by atoms with Crippen LogP contribution in [0.1, 0.15) is 46.9 Å². The lowest BCUT2D eigenvalue weighted by Crippen LogP contribution is -2.40. The van der Waals surface area contributed by atoms with Gasteiger partial charge in [-0.15, -0.1) is 0 Å². The third-order valence-corrected chi connectivity index (χ3v) is 4.97. The molecule has 144 valence electrons. The number of aromatic nitrogens is 3. The summed E-state index contributed by atoms with van der Waals surface area (Å²) in [6.07, 6.45) is 8.95. The van der Waals surface area contributed by atoms with E-state index in [0.717, 1.165) is 18.7 Å². The molecule has 3 heterocycles. The van der Waals surface area contributed by atoms with E-state index in [1.165, 1.54) is 19.3 Å². The van der Waals surface area contributed by atoms with E-state index in [4.69, 9.17) is 0 Å². The number of pyridine rings is 1. The van der Waals surface area contributed by atoms with Gasteiger partial charge in [-0.05, 0) is 44.5 Å². The largest absolute Gasteiger partial charge is 0.350 e. The first kappa shape index (κ1) is 19.2. The molecule has 0 aromatic carbocycles. The maximum atomic E-state index is 12.7. The molecule has 0 spiro atoms. The molecule has 2 aromatic rings. The molecular formula is C20H28N6O. The fourth-order valence-corrected chi connectivity index (χ4v) is 3.44. The number of anilines is 1. The lowest BCUT2D eigenvalue weighted by Gasteiger charge is -2.34. The number of rotatable bonds is 6. The second-order valence-corrected chi connectivity index (χ2v) is 7.17. The molecule has 7 heteroatoms. The SMILES string of the molecule is Cc1nc(N(C)C)ncc1C(=O)NC[C@H](c1cccnc1)N1CCCCC1. The Bertz CT molecular complexity index is 758. The number of carbonyl (C=O) groups is 1. The van der Waals surface area contributed by atoms with E-state index in [1.807, 2.05) is 38.2 Å². The van der Waals surface area contributed by atoms with Crippen LogP contribution >= 0.6 is 0 Å². The van der Waals surface area contributed by atoms with Crippen LogP contribution in [0.2, 0.25) is 0 Å². The normalized spacial score (nSPS) is 16.0. The van der Waals surface area contributed by atoms with Crippen LogP contribution in [0.25, 0.3) is 0 Å². The molecular weight excluding hydrogens is 340 g/mol. The second kappa shape index (κ2) is 8.90. The molecule has 1 saturated heterocycles. The lowest BCUT2D eigenvalue weighted by molar-refractivity contribution is 0.0923. The average Bonchev–Trinajstić information content (AvgIpc) is 2.69. The van der Waals surface area contributed by atoms with E-state index in [1.54, 1.807) is 12.4 Å². The van der Waals surface area contributed by atoms with Crippen LogP contribution in [0.3, 0.4) is 0 Å². The number of hydrogen-bond donors (Lipinski definition) is 1. The van der Waals surface area contributed by atoms with Gasteiger partial charge >= 0.3 is 0 Å². The van der Waals surface area contributed by atoms with Crippen molar-refractivity contribution in [1.82, 2.24) is 25.2 Å². The highest BCUT2D eigenvalue weighted by molar-refractivity contribution is 5.95. The molecule has 1 amide bonds. The molecule has 0 unspecified atom stereocenters. The number of nitrogens with one attached hydrogen (secondary N) is 1. The predicted octanol–water partition coefficient (Wildman–Crippen LogP) is 2.20. The zero-order valence-electron chi connectivity index (χ0n) is 16.4. The zero-order valence-corrected chi connectivity index (χ0v) is 16.4. The maximum absolute atomic E-state index is 12.7. The van der Waals surface area contributed by atoms with E-state index >= 15 is 0 Å². The van der Waals surface area contributed by atoms with Crippen LogP contribution in [-0.4, -0.2) is 59.5 Å². The summed E-state index contributed by atoms with van der Waals surface area (Å²) in [4.78, 5) is 29.9. The summed E-state index contributed by atoms with van der Waals surface area (Å²) in [6.45, 7) is 4.48. The molecule has 1 N–H and O–H groups in total. The molecule has 1 atom stereocenters. The minimum atomic E-state index is -0.135. The van der Waals surface area contributed by atoms with Gasteiger partial charge in [0.2, 0.25) is 5.95 Å². The molecule has 0 bridgehead atoms. The van der Waals surface area contributed by atoms with Crippen LogP contribution < -0.4 is 10.2 Å². The monoisotopic (exact) mass is 368 g/mol. The third-order valence-electron chi connectivity index (χ3n) is 4.97. The third kappa shape index (κ3) is 4.80. The van der Waals surface area contributed by atoms with E-state index in [-0.39, 0.29) is 11.9 Å². The summed E-state index contributed by atoms with van der Waals surface area (Å²) in [5.41, 5.74) is 2.34. The molecule has 7 nitrogen and oxygen atoms in total. The van der Waals surface area contributed by atoms with Gasteiger partial charge < -0.3 is 10.2 Å². The predicted molar refractivity (Wildman–Crippen MR) is 106 cm³/mol. The van der Waals surface area contributed by atoms with Gasteiger partial charge in [-0.3, -0.25) is 14.7 Å². The van der Waals surface area contributed by atoms with E-state index < -0.39 is 0 Å². The molecule has 2 aromatic heterocycles. The molecule has 0 radical (unpaired) electrons. The van der Waals surface area contributed by atoms with Crippen molar-refractivity contribution in [1.29, 1.82) is 0 Å². The highest BCUT2D eigenvalue weighted by Gasteiger charge is 2.23. The van der Waals surface area contributed by atoms with Crippen molar-refractivity contribution in [2.45, 2.75) is 32.2 Å². The highest BCUT2D eigenvalue weighted by atomic mass is 16.1. The zero-order chi connectivity index (χ0) is 19.2. The molecule has 27 heavy (non-hydrogen) atoms. The number of aryl methyl sites for hydroxylation is 1. The molecule has 1 aliphatic rings. The number of piperidine rings is 1. The molecule has 0 aliphatic carbocycles. The van der Waals surface area contributed by atoms with E-state index in [9.17, 15) is 4.79 Å². The van der Waals surface area contributed by atoms with Gasteiger partial charge in [0.05, 0.1) is 17.3 Å². The highest BCUT2D eigenvalue weighted by Crippen LogP contribution is 2.23. The van der Waals surface area contributed by atoms with Crippen molar-refractivity contribution >= 4 is 11.9 Å². The van der Waals surface area contributed by atoms with Gasteiger partial charge in [-0.25, -0.2) is 9.97 Å². The summed E-state index contributed by atoms with van der Waals surface area (Å²) < 4.78 is 0. The van der Waals surface area contributed by atoms with Gasteiger partial charge in [0.15, 0.2) is 0 Å². The topological polar surface area (TPSA) is 74.2 Å². The summed E-state index contributed by atoms with van der Waals surface area (Å²) in [6, 6.07) is 4.16. The summed E-state index contributed by atoms with van der Waals surface area (Å²) in [7, 11) is 3.76.